The molecule has 0 aromatic heterocycles. The normalized spacial score (nSPS) is 34.1. The van der Waals surface area contributed by atoms with Crippen molar-refractivity contribution < 1.29 is 4.74 Å². The van der Waals surface area contributed by atoms with Crippen LogP contribution in [0.2, 0.25) is 0 Å². The van der Waals surface area contributed by atoms with Crippen molar-refractivity contribution in [2.24, 2.45) is 11.7 Å². The maximum absolute atomic E-state index is 6.25. The average Bonchev–Trinajstić information content (AvgIpc) is 2.77. The van der Waals surface area contributed by atoms with E-state index in [1.165, 1.54) is 5.56 Å². The Balaban J connectivity index is 0.000000853. The molecule has 1 atom stereocenters. The van der Waals surface area contributed by atoms with Gasteiger partial charge < -0.3 is 10.5 Å². The Hall–Kier alpha value is -0.570. The lowest BCUT2D eigenvalue weighted by Gasteiger charge is -2.41. The molecular weight excluding hydrogens is 210 g/mol. The smallest absolute Gasteiger partial charge is 0.0881 e. The molecule has 2 saturated heterocycles. The van der Waals surface area contributed by atoms with Gasteiger partial charge in [0.25, 0.3) is 0 Å². The van der Waals surface area contributed by atoms with E-state index in [0.29, 0.717) is 0 Å². The van der Waals surface area contributed by atoms with Gasteiger partial charge in [0.05, 0.1) is 18.2 Å². The summed E-state index contributed by atoms with van der Waals surface area (Å²) in [7, 11) is 0. The van der Waals surface area contributed by atoms with Crippen LogP contribution in [0.1, 0.15) is 24.4 Å². The van der Waals surface area contributed by atoms with Crippen LogP contribution in [-0.2, 0) is 4.74 Å². The van der Waals surface area contributed by atoms with E-state index in [0.717, 1.165) is 25.4 Å². The zero-order valence-electron chi connectivity index (χ0n) is 8.56. The van der Waals surface area contributed by atoms with Gasteiger partial charge in [-0.1, -0.05) is 30.3 Å². The molecule has 1 aromatic carbocycles. The summed E-state index contributed by atoms with van der Waals surface area (Å²) >= 11 is 0. The molecule has 2 aliphatic heterocycles. The van der Waals surface area contributed by atoms with Crippen LogP contribution in [0.25, 0.3) is 0 Å². The lowest BCUT2D eigenvalue weighted by atomic mass is 9.69. The van der Waals surface area contributed by atoms with Crippen LogP contribution in [0.3, 0.4) is 0 Å². The zero-order valence-corrected chi connectivity index (χ0v) is 9.37. The molecule has 1 unspecified atom stereocenters. The molecule has 2 nitrogen and oxygen atoms in total. The molecule has 3 fully saturated rings. The van der Waals surface area contributed by atoms with E-state index >= 15 is 0 Å². The summed E-state index contributed by atoms with van der Waals surface area (Å²) in [4.78, 5) is 0. The van der Waals surface area contributed by atoms with Gasteiger partial charge in [-0.25, -0.2) is 0 Å². The third-order valence-electron chi connectivity index (χ3n) is 3.60. The first kappa shape index (κ1) is 10.9. The van der Waals surface area contributed by atoms with E-state index in [1.54, 1.807) is 0 Å². The van der Waals surface area contributed by atoms with Crippen molar-refractivity contribution in [3.8, 4) is 0 Å². The fraction of sp³-hybridized carbons (Fsp3) is 0.500. The number of hydrogen-bond acceptors (Lipinski definition) is 2. The number of fused-ring (bicyclic) bond motifs is 1. The second-order valence-electron chi connectivity index (χ2n) is 4.54. The van der Waals surface area contributed by atoms with E-state index in [9.17, 15) is 0 Å². The highest BCUT2D eigenvalue weighted by molar-refractivity contribution is 5.85. The molecule has 1 saturated carbocycles. The third kappa shape index (κ3) is 1.57. The molecule has 82 valence electrons. The summed E-state index contributed by atoms with van der Waals surface area (Å²) in [5.74, 6) is 0.782. The molecule has 3 heteroatoms. The molecule has 1 aromatic rings. The quantitative estimate of drug-likeness (QED) is 0.838. The van der Waals surface area contributed by atoms with E-state index in [2.05, 4.69) is 12.1 Å². The second kappa shape index (κ2) is 3.78. The molecule has 2 bridgehead atoms. The number of benzene rings is 1. The van der Waals surface area contributed by atoms with E-state index in [1.807, 2.05) is 18.2 Å². The van der Waals surface area contributed by atoms with Gasteiger partial charge in [-0.3, -0.25) is 0 Å². The van der Waals surface area contributed by atoms with E-state index in [-0.39, 0.29) is 24.0 Å². The van der Waals surface area contributed by atoms with Gasteiger partial charge in [-0.2, -0.15) is 0 Å². The highest BCUT2D eigenvalue weighted by Crippen LogP contribution is 2.53. The van der Waals surface area contributed by atoms with E-state index in [4.69, 9.17) is 10.5 Å². The van der Waals surface area contributed by atoms with Crippen LogP contribution in [0, 0.1) is 5.92 Å². The number of ether oxygens (including phenoxy) is 1. The minimum atomic E-state index is -0.0218. The largest absolute Gasteiger partial charge is 0.373 e. The van der Waals surface area contributed by atoms with Crippen LogP contribution in [0.5, 0.6) is 0 Å². The zero-order chi connectivity index (χ0) is 9.60. The summed E-state index contributed by atoms with van der Waals surface area (Å²) in [5, 5.41) is 0. The monoisotopic (exact) mass is 225 g/mol. The second-order valence-corrected chi connectivity index (χ2v) is 4.54. The van der Waals surface area contributed by atoms with Gasteiger partial charge in [-0.15, -0.1) is 12.4 Å². The number of rotatable bonds is 2. The Morgan fingerprint density at radius 3 is 2.47 bits per heavy atom. The van der Waals surface area contributed by atoms with Gasteiger partial charge >= 0.3 is 0 Å². The number of halogens is 1. The van der Waals surface area contributed by atoms with Gasteiger partial charge in [0.2, 0.25) is 0 Å². The van der Waals surface area contributed by atoms with Gasteiger partial charge in [0.15, 0.2) is 0 Å². The summed E-state index contributed by atoms with van der Waals surface area (Å²) < 4.78 is 5.81. The molecule has 2 N–H and O–H groups in total. The fourth-order valence-electron chi connectivity index (χ4n) is 2.74. The molecular formula is C12H16ClNO. The summed E-state index contributed by atoms with van der Waals surface area (Å²) in [6.07, 6.45) is 2.31. The van der Waals surface area contributed by atoms with E-state index < -0.39 is 0 Å². The lowest BCUT2D eigenvalue weighted by Crippen LogP contribution is -2.46. The average molecular weight is 226 g/mol. The highest BCUT2D eigenvalue weighted by Gasteiger charge is 2.55. The summed E-state index contributed by atoms with van der Waals surface area (Å²) in [6, 6.07) is 10.3. The highest BCUT2D eigenvalue weighted by atomic mass is 35.5. The van der Waals surface area contributed by atoms with Crippen molar-refractivity contribution in [2.45, 2.75) is 24.5 Å². The maximum atomic E-state index is 6.25. The first-order chi connectivity index (χ1) is 6.80. The minimum Gasteiger partial charge on any atom is -0.373 e. The Bertz CT molecular complexity index is 329. The van der Waals surface area contributed by atoms with Crippen molar-refractivity contribution in [3.63, 3.8) is 0 Å². The fourth-order valence-corrected chi connectivity index (χ4v) is 2.74. The van der Waals surface area contributed by atoms with Crippen molar-refractivity contribution in [1.82, 2.24) is 0 Å². The minimum absolute atomic E-state index is 0. The molecule has 2 heterocycles. The predicted molar refractivity (Wildman–Crippen MR) is 62.0 cm³/mol. The molecule has 1 aliphatic carbocycles. The molecule has 4 rings (SSSR count). The molecule has 15 heavy (non-hydrogen) atoms. The van der Waals surface area contributed by atoms with Gasteiger partial charge in [0, 0.05) is 0 Å². The first-order valence-corrected chi connectivity index (χ1v) is 5.25. The Labute approximate surface area is 96.2 Å². The van der Waals surface area contributed by atoms with Gasteiger partial charge in [-0.05, 0) is 24.3 Å². The van der Waals surface area contributed by atoms with Crippen molar-refractivity contribution in [3.05, 3.63) is 35.9 Å². The Morgan fingerprint density at radius 2 is 1.93 bits per heavy atom. The number of nitrogens with two attached hydrogens (primary N) is 1. The Kier molecular flexibility index (Phi) is 2.75. The molecule has 0 spiro atoms. The predicted octanol–water partition coefficient (Wildman–Crippen LogP) is 2.29. The molecule has 3 aliphatic rings. The van der Waals surface area contributed by atoms with Crippen molar-refractivity contribution in [1.29, 1.82) is 0 Å². The standard InChI is InChI=1S/C12H15NO.ClH/c13-11(10-4-2-1-3-5-10)12-6-9(7-12)8-14-12;/h1-5,9,11H,6-8,13H2;1H. The SMILES string of the molecule is Cl.NC(c1ccccc1)C12CC(CO1)C2. The number of hydrogen-bond donors (Lipinski definition) is 1. The Morgan fingerprint density at radius 1 is 1.27 bits per heavy atom. The van der Waals surface area contributed by atoms with Crippen molar-refractivity contribution >= 4 is 12.4 Å². The first-order valence-electron chi connectivity index (χ1n) is 5.25. The maximum Gasteiger partial charge on any atom is 0.0881 e. The topological polar surface area (TPSA) is 35.2 Å². The van der Waals surface area contributed by atoms with Crippen LogP contribution >= 0.6 is 12.4 Å². The van der Waals surface area contributed by atoms with Gasteiger partial charge in [0.1, 0.15) is 0 Å². The summed E-state index contributed by atoms with van der Waals surface area (Å²) in [5.41, 5.74) is 7.43. The summed E-state index contributed by atoms with van der Waals surface area (Å²) in [6.45, 7) is 0.917. The molecule has 0 amide bonds. The van der Waals surface area contributed by atoms with Crippen LogP contribution < -0.4 is 5.73 Å². The van der Waals surface area contributed by atoms with Crippen molar-refractivity contribution in [2.75, 3.05) is 6.61 Å². The third-order valence-corrected chi connectivity index (χ3v) is 3.60. The van der Waals surface area contributed by atoms with Crippen LogP contribution in [0.15, 0.2) is 30.3 Å². The lowest BCUT2D eigenvalue weighted by molar-refractivity contribution is -0.0223. The van der Waals surface area contributed by atoms with Crippen LogP contribution in [-0.4, -0.2) is 12.2 Å². The van der Waals surface area contributed by atoms with Crippen LogP contribution in [0.4, 0.5) is 0 Å². The molecule has 0 radical (unpaired) electrons.